The number of hydrogen-bond donors (Lipinski definition) is 1. The number of rotatable bonds is 0. The third-order valence-corrected chi connectivity index (χ3v) is 3.50. The lowest BCUT2D eigenvalue weighted by molar-refractivity contribution is 0.00401. The number of ether oxygens (including phenoxy) is 1. The first-order valence-electron chi connectivity index (χ1n) is 6.57. The van der Waals surface area contributed by atoms with E-state index in [4.69, 9.17) is 9.39 Å². The highest BCUT2D eigenvalue weighted by atomic mass is 16.6. The van der Waals surface area contributed by atoms with Gasteiger partial charge in [-0.1, -0.05) is 0 Å². The topological polar surface area (TPSA) is 59.0 Å². The van der Waals surface area contributed by atoms with Crippen LogP contribution in [0.2, 0.25) is 6.32 Å². The highest BCUT2D eigenvalue weighted by Gasteiger charge is 2.46. The number of hydrogen-bond acceptors (Lipinski definition) is 4. The molecule has 0 aromatic carbocycles. The van der Waals surface area contributed by atoms with E-state index < -0.39 is 12.7 Å². The van der Waals surface area contributed by atoms with Crippen LogP contribution in [0.5, 0.6) is 0 Å². The Hall–Kier alpha value is -0.745. The molecular weight excluding hydrogens is 233 g/mol. The average Bonchev–Trinajstić information content (AvgIpc) is 2.57. The second-order valence-electron chi connectivity index (χ2n) is 6.48. The van der Waals surface area contributed by atoms with E-state index in [2.05, 4.69) is 0 Å². The SMILES string of the molecule is CC(C)(C)OC(=O)N1CCCC2(COB(O)C2)C1. The normalized spacial score (nSPS) is 28.9. The van der Waals surface area contributed by atoms with Gasteiger partial charge in [0, 0.05) is 25.1 Å². The molecule has 0 radical (unpaired) electrons. The molecule has 0 aromatic heterocycles. The highest BCUT2D eigenvalue weighted by molar-refractivity contribution is 6.43. The van der Waals surface area contributed by atoms with Gasteiger partial charge in [0.05, 0.1) is 0 Å². The Morgan fingerprint density at radius 1 is 1.50 bits per heavy atom. The Kier molecular flexibility index (Phi) is 3.60. The fraction of sp³-hybridized carbons (Fsp3) is 0.917. The molecule has 0 aromatic rings. The Labute approximate surface area is 109 Å². The molecule has 1 N–H and O–H groups in total. The summed E-state index contributed by atoms with van der Waals surface area (Å²) in [6.07, 6.45) is 2.30. The van der Waals surface area contributed by atoms with Gasteiger partial charge in [0.15, 0.2) is 0 Å². The molecule has 18 heavy (non-hydrogen) atoms. The molecule has 0 bridgehead atoms. The summed E-state index contributed by atoms with van der Waals surface area (Å²) in [7, 11) is -0.677. The van der Waals surface area contributed by atoms with Crippen LogP contribution >= 0.6 is 0 Å². The van der Waals surface area contributed by atoms with Crippen molar-refractivity contribution in [1.82, 2.24) is 4.90 Å². The number of nitrogens with zero attached hydrogens (tertiary/aromatic N) is 1. The van der Waals surface area contributed by atoms with Gasteiger partial charge in [0.1, 0.15) is 5.60 Å². The van der Waals surface area contributed by atoms with Crippen molar-refractivity contribution in [1.29, 1.82) is 0 Å². The first-order valence-corrected chi connectivity index (χ1v) is 6.57. The molecule has 2 aliphatic rings. The molecule has 1 atom stereocenters. The molecule has 6 heteroatoms. The van der Waals surface area contributed by atoms with Gasteiger partial charge in [-0.15, -0.1) is 0 Å². The van der Waals surface area contributed by atoms with Gasteiger partial charge < -0.3 is 19.3 Å². The van der Waals surface area contributed by atoms with Crippen molar-refractivity contribution >= 4 is 13.2 Å². The lowest BCUT2D eigenvalue weighted by Crippen LogP contribution is -2.48. The van der Waals surface area contributed by atoms with E-state index in [0.29, 0.717) is 19.5 Å². The molecule has 1 spiro atoms. The minimum absolute atomic E-state index is 0.0748. The maximum atomic E-state index is 12.0. The molecule has 1 unspecified atom stereocenters. The highest BCUT2D eigenvalue weighted by Crippen LogP contribution is 2.39. The zero-order valence-electron chi connectivity index (χ0n) is 11.4. The molecule has 0 saturated carbocycles. The van der Waals surface area contributed by atoms with Crippen molar-refractivity contribution in [2.45, 2.75) is 45.5 Å². The van der Waals surface area contributed by atoms with Gasteiger partial charge in [-0.25, -0.2) is 4.79 Å². The van der Waals surface area contributed by atoms with E-state index in [0.717, 1.165) is 19.4 Å². The van der Waals surface area contributed by atoms with Crippen molar-refractivity contribution in [2.75, 3.05) is 19.7 Å². The van der Waals surface area contributed by atoms with Gasteiger partial charge in [-0.3, -0.25) is 0 Å². The Bertz CT molecular complexity index is 327. The molecule has 2 aliphatic heterocycles. The predicted octanol–water partition coefficient (Wildman–Crippen LogP) is 1.51. The van der Waals surface area contributed by atoms with Gasteiger partial charge in [0.25, 0.3) is 0 Å². The second kappa shape index (κ2) is 4.74. The summed E-state index contributed by atoms with van der Waals surface area (Å²) in [6.45, 7) is 7.49. The van der Waals surface area contributed by atoms with Crippen molar-refractivity contribution in [2.24, 2.45) is 5.41 Å². The van der Waals surface area contributed by atoms with Crippen LogP contribution in [-0.2, 0) is 9.39 Å². The van der Waals surface area contributed by atoms with E-state index in [-0.39, 0.29) is 11.5 Å². The predicted molar refractivity (Wildman–Crippen MR) is 68.2 cm³/mol. The molecule has 2 saturated heterocycles. The zero-order chi connectivity index (χ0) is 13.4. The lowest BCUT2D eigenvalue weighted by Gasteiger charge is -2.39. The maximum absolute atomic E-state index is 12.0. The fourth-order valence-corrected chi connectivity index (χ4v) is 2.74. The third-order valence-electron chi connectivity index (χ3n) is 3.50. The van der Waals surface area contributed by atoms with Crippen molar-refractivity contribution < 1.29 is 19.2 Å². The van der Waals surface area contributed by atoms with Crippen LogP contribution in [0.25, 0.3) is 0 Å². The van der Waals surface area contributed by atoms with Crippen molar-refractivity contribution in [3.8, 4) is 0 Å². The molecule has 2 rings (SSSR count). The Balaban J connectivity index is 1.97. The summed E-state index contributed by atoms with van der Waals surface area (Å²) >= 11 is 0. The number of likely N-dealkylation sites (tertiary alicyclic amines) is 1. The molecule has 0 aliphatic carbocycles. The summed E-state index contributed by atoms with van der Waals surface area (Å²) in [4.78, 5) is 13.8. The zero-order valence-corrected chi connectivity index (χ0v) is 11.4. The van der Waals surface area contributed by atoms with Crippen molar-refractivity contribution in [3.63, 3.8) is 0 Å². The number of carbonyl (C=O) groups excluding carboxylic acids is 1. The summed E-state index contributed by atoms with van der Waals surface area (Å²) in [5.74, 6) is 0. The van der Waals surface area contributed by atoms with Crippen molar-refractivity contribution in [3.05, 3.63) is 0 Å². The first-order chi connectivity index (χ1) is 8.30. The quantitative estimate of drug-likeness (QED) is 0.666. The van der Waals surface area contributed by atoms with Crippen LogP contribution in [0.3, 0.4) is 0 Å². The summed E-state index contributed by atoms with van der Waals surface area (Å²) in [5, 5.41) is 9.50. The largest absolute Gasteiger partial charge is 0.454 e. The molecule has 2 heterocycles. The van der Waals surface area contributed by atoms with Crippen LogP contribution in [0, 0.1) is 5.41 Å². The molecule has 2 fully saturated rings. The number of piperidine rings is 1. The lowest BCUT2D eigenvalue weighted by atomic mass is 9.68. The minimum atomic E-state index is -0.677. The number of carbonyl (C=O) groups is 1. The summed E-state index contributed by atoms with van der Waals surface area (Å²) in [6, 6.07) is 0. The first kappa shape index (κ1) is 13.7. The van der Waals surface area contributed by atoms with Crippen LogP contribution < -0.4 is 0 Å². The van der Waals surface area contributed by atoms with Gasteiger partial charge in [-0.2, -0.15) is 0 Å². The van der Waals surface area contributed by atoms with Crippen LogP contribution in [0.1, 0.15) is 33.6 Å². The smallest absolute Gasteiger partial charge is 0.444 e. The van der Waals surface area contributed by atoms with Gasteiger partial charge in [-0.05, 0) is 39.9 Å². The standard InChI is InChI=1S/C12H22BNO4/c1-11(2,3)18-10(15)14-6-4-5-12(8-14)7-13(16)17-9-12/h16H,4-9H2,1-3H3. The molecular formula is C12H22BNO4. The van der Waals surface area contributed by atoms with Crippen LogP contribution in [0.15, 0.2) is 0 Å². The van der Waals surface area contributed by atoms with Gasteiger partial charge >= 0.3 is 13.2 Å². The summed E-state index contributed by atoms with van der Waals surface area (Å²) < 4.78 is 10.6. The van der Waals surface area contributed by atoms with E-state index in [1.54, 1.807) is 4.90 Å². The van der Waals surface area contributed by atoms with Gasteiger partial charge in [0.2, 0.25) is 0 Å². The minimum Gasteiger partial charge on any atom is -0.444 e. The van der Waals surface area contributed by atoms with E-state index in [1.165, 1.54) is 0 Å². The fourth-order valence-electron chi connectivity index (χ4n) is 2.74. The Morgan fingerprint density at radius 3 is 2.78 bits per heavy atom. The second-order valence-corrected chi connectivity index (χ2v) is 6.48. The number of amides is 1. The van der Waals surface area contributed by atoms with Crippen LogP contribution in [0.4, 0.5) is 4.79 Å². The van der Waals surface area contributed by atoms with E-state index in [9.17, 15) is 9.82 Å². The molecule has 5 nitrogen and oxygen atoms in total. The molecule has 1 amide bonds. The Morgan fingerprint density at radius 2 is 2.22 bits per heavy atom. The average molecular weight is 255 g/mol. The summed E-state index contributed by atoms with van der Waals surface area (Å²) in [5.41, 5.74) is -0.540. The van der Waals surface area contributed by atoms with E-state index in [1.807, 2.05) is 20.8 Å². The third kappa shape index (κ3) is 3.17. The van der Waals surface area contributed by atoms with Crippen LogP contribution in [-0.4, -0.2) is 48.4 Å². The monoisotopic (exact) mass is 255 g/mol. The molecule has 102 valence electrons. The van der Waals surface area contributed by atoms with E-state index >= 15 is 0 Å². The maximum Gasteiger partial charge on any atom is 0.454 e.